The van der Waals surface area contributed by atoms with Gasteiger partial charge in [0, 0.05) is 25.0 Å². The highest BCUT2D eigenvalue weighted by molar-refractivity contribution is 6.03. The first-order chi connectivity index (χ1) is 11.5. The van der Waals surface area contributed by atoms with Crippen LogP contribution >= 0.6 is 0 Å². The van der Waals surface area contributed by atoms with Crippen molar-refractivity contribution in [2.45, 2.75) is 38.5 Å². The molecule has 1 aliphatic carbocycles. The number of hydrogen-bond donors (Lipinski definition) is 3. The van der Waals surface area contributed by atoms with Crippen LogP contribution in [0.25, 0.3) is 0 Å². The Kier molecular flexibility index (Phi) is 4.64. The first-order valence-electron chi connectivity index (χ1n) is 8.19. The number of amides is 1. The van der Waals surface area contributed by atoms with Crippen molar-refractivity contribution in [3.63, 3.8) is 0 Å². The number of anilines is 1. The smallest absolute Gasteiger partial charge is 0.313 e. The van der Waals surface area contributed by atoms with Gasteiger partial charge in [-0.15, -0.1) is 0 Å². The van der Waals surface area contributed by atoms with Gasteiger partial charge in [-0.3, -0.25) is 19.3 Å². The number of hydrogen-bond acceptors (Lipinski definition) is 4. The van der Waals surface area contributed by atoms with E-state index in [-0.39, 0.29) is 5.56 Å². The Balaban J connectivity index is 1.68. The minimum atomic E-state index is -0.644. The number of carbonyl (C=O) groups is 1. The molecule has 1 fully saturated rings. The summed E-state index contributed by atoms with van der Waals surface area (Å²) < 4.78 is 0.855. The van der Waals surface area contributed by atoms with Crippen molar-refractivity contribution in [3.8, 4) is 0 Å². The summed E-state index contributed by atoms with van der Waals surface area (Å²) in [4.78, 5) is 37.8. The first-order valence-corrected chi connectivity index (χ1v) is 8.19. The van der Waals surface area contributed by atoms with Gasteiger partial charge in [0.1, 0.15) is 5.56 Å². The zero-order valence-corrected chi connectivity index (χ0v) is 13.6. The Morgan fingerprint density at radius 2 is 2.08 bits per heavy atom. The molecule has 0 unspecified atom stereocenters. The molecule has 1 amide bonds. The molecule has 1 aliphatic rings. The fraction of sp³-hybridized carbons (Fsp3) is 0.500. The lowest BCUT2D eigenvalue weighted by Gasteiger charge is -2.20. The highest BCUT2D eigenvalue weighted by atomic mass is 16.2. The second-order valence-corrected chi connectivity index (χ2v) is 6.31. The standard InChI is InChI=1S/C16H21N5O3/c1-21-15(23)12(9-17-16(21)24)14(22)18-13-8-11(19-20-13)7-10-5-3-2-4-6-10/h8-10H,2-7H2,1H3,(H,17,24)(H2,18,19,20,22). The van der Waals surface area contributed by atoms with Gasteiger partial charge < -0.3 is 10.3 Å². The van der Waals surface area contributed by atoms with Crippen LogP contribution in [-0.4, -0.2) is 25.7 Å². The van der Waals surface area contributed by atoms with Gasteiger partial charge in [-0.05, 0) is 12.3 Å². The fourth-order valence-electron chi connectivity index (χ4n) is 3.14. The molecule has 128 valence electrons. The summed E-state index contributed by atoms with van der Waals surface area (Å²) in [5, 5.41) is 9.60. The number of nitrogens with zero attached hydrogens (tertiary/aromatic N) is 2. The van der Waals surface area contributed by atoms with Gasteiger partial charge in [0.05, 0.1) is 0 Å². The number of rotatable bonds is 4. The van der Waals surface area contributed by atoms with E-state index < -0.39 is 17.2 Å². The Morgan fingerprint density at radius 1 is 1.33 bits per heavy atom. The quantitative estimate of drug-likeness (QED) is 0.780. The summed E-state index contributed by atoms with van der Waals surface area (Å²) >= 11 is 0. The highest BCUT2D eigenvalue weighted by Gasteiger charge is 2.17. The lowest BCUT2D eigenvalue weighted by molar-refractivity contribution is 0.102. The van der Waals surface area contributed by atoms with Gasteiger partial charge in [0.2, 0.25) is 0 Å². The van der Waals surface area contributed by atoms with E-state index in [1.807, 2.05) is 0 Å². The molecule has 3 N–H and O–H groups in total. The van der Waals surface area contributed by atoms with Crippen LogP contribution in [0.2, 0.25) is 0 Å². The van der Waals surface area contributed by atoms with Crippen molar-refractivity contribution in [1.29, 1.82) is 0 Å². The van der Waals surface area contributed by atoms with Crippen LogP contribution in [-0.2, 0) is 13.5 Å². The first kappa shape index (κ1) is 16.2. The third-order valence-corrected chi connectivity index (χ3v) is 4.53. The largest absolute Gasteiger partial charge is 0.328 e. The molecule has 3 rings (SSSR count). The molecular weight excluding hydrogens is 310 g/mol. The summed E-state index contributed by atoms with van der Waals surface area (Å²) in [7, 11) is 1.31. The average molecular weight is 331 g/mol. The van der Waals surface area contributed by atoms with E-state index in [9.17, 15) is 14.4 Å². The molecule has 0 spiro atoms. The van der Waals surface area contributed by atoms with E-state index in [0.29, 0.717) is 11.7 Å². The molecule has 1 saturated carbocycles. The van der Waals surface area contributed by atoms with Crippen molar-refractivity contribution in [1.82, 2.24) is 19.7 Å². The molecule has 0 aromatic carbocycles. The summed E-state index contributed by atoms with van der Waals surface area (Å²) in [6, 6.07) is 1.79. The van der Waals surface area contributed by atoms with E-state index in [2.05, 4.69) is 20.5 Å². The highest BCUT2D eigenvalue weighted by Crippen LogP contribution is 2.26. The number of nitrogens with one attached hydrogen (secondary N) is 3. The molecule has 0 radical (unpaired) electrons. The molecule has 2 heterocycles. The minimum absolute atomic E-state index is 0.131. The van der Waals surface area contributed by atoms with Gasteiger partial charge in [0.15, 0.2) is 5.82 Å². The molecule has 0 aliphatic heterocycles. The third-order valence-electron chi connectivity index (χ3n) is 4.53. The Hall–Kier alpha value is -2.64. The van der Waals surface area contributed by atoms with Crippen LogP contribution in [0.1, 0.15) is 48.2 Å². The molecule has 0 bridgehead atoms. The summed E-state index contributed by atoms with van der Waals surface area (Å²) in [5.74, 6) is 0.441. The Labute approximate surface area is 138 Å². The normalized spacial score (nSPS) is 15.4. The van der Waals surface area contributed by atoms with Crippen LogP contribution in [0, 0.1) is 5.92 Å². The van der Waals surface area contributed by atoms with Gasteiger partial charge in [-0.25, -0.2) is 4.79 Å². The molecule has 8 heteroatoms. The molecule has 24 heavy (non-hydrogen) atoms. The zero-order valence-electron chi connectivity index (χ0n) is 13.6. The van der Waals surface area contributed by atoms with Crippen molar-refractivity contribution < 1.29 is 4.79 Å². The number of carbonyl (C=O) groups excluding carboxylic acids is 1. The van der Waals surface area contributed by atoms with Crippen molar-refractivity contribution in [3.05, 3.63) is 44.4 Å². The van der Waals surface area contributed by atoms with Crippen LogP contribution < -0.4 is 16.6 Å². The summed E-state index contributed by atoms with van der Waals surface area (Å²) in [5.41, 5.74) is -0.360. The minimum Gasteiger partial charge on any atom is -0.313 e. The van der Waals surface area contributed by atoms with Crippen molar-refractivity contribution >= 4 is 11.7 Å². The summed E-state index contributed by atoms with van der Waals surface area (Å²) in [6.07, 6.45) is 8.37. The second kappa shape index (κ2) is 6.86. The Bertz CT molecular complexity index is 842. The maximum absolute atomic E-state index is 12.2. The topological polar surface area (TPSA) is 113 Å². The van der Waals surface area contributed by atoms with E-state index >= 15 is 0 Å². The van der Waals surface area contributed by atoms with E-state index in [0.717, 1.165) is 22.9 Å². The lowest BCUT2D eigenvalue weighted by Crippen LogP contribution is -2.37. The van der Waals surface area contributed by atoms with E-state index in [1.54, 1.807) is 6.07 Å². The second-order valence-electron chi connectivity index (χ2n) is 6.31. The number of aromatic amines is 2. The van der Waals surface area contributed by atoms with Gasteiger partial charge >= 0.3 is 5.69 Å². The molecule has 2 aromatic rings. The third kappa shape index (κ3) is 3.47. The summed E-state index contributed by atoms with van der Waals surface area (Å²) in [6.45, 7) is 0. The SMILES string of the molecule is Cn1c(=O)[nH]cc(C(=O)Nc2cc(CC3CCCCC3)[nH]n2)c1=O. The average Bonchev–Trinajstić information content (AvgIpc) is 3.00. The molecule has 8 nitrogen and oxygen atoms in total. The van der Waals surface area contributed by atoms with E-state index in [4.69, 9.17) is 0 Å². The Morgan fingerprint density at radius 3 is 2.83 bits per heavy atom. The van der Waals surface area contributed by atoms with Crippen LogP contribution in [0.15, 0.2) is 21.9 Å². The molecular formula is C16H21N5O3. The zero-order chi connectivity index (χ0) is 17.1. The fourth-order valence-corrected chi connectivity index (χ4v) is 3.14. The van der Waals surface area contributed by atoms with E-state index in [1.165, 1.54) is 39.2 Å². The van der Waals surface area contributed by atoms with Crippen molar-refractivity contribution in [2.24, 2.45) is 13.0 Å². The van der Waals surface area contributed by atoms with Crippen LogP contribution in [0.5, 0.6) is 0 Å². The number of H-pyrrole nitrogens is 2. The molecule has 2 aromatic heterocycles. The molecule has 0 saturated heterocycles. The van der Waals surface area contributed by atoms with Crippen LogP contribution in [0.3, 0.4) is 0 Å². The predicted octanol–water partition coefficient (Wildman–Crippen LogP) is 1.17. The van der Waals surface area contributed by atoms with Gasteiger partial charge in [-0.1, -0.05) is 32.1 Å². The molecule has 0 atom stereocenters. The van der Waals surface area contributed by atoms with Crippen LogP contribution in [0.4, 0.5) is 5.82 Å². The monoisotopic (exact) mass is 331 g/mol. The lowest BCUT2D eigenvalue weighted by atomic mass is 9.86. The van der Waals surface area contributed by atoms with Gasteiger partial charge in [0.25, 0.3) is 11.5 Å². The number of aromatic nitrogens is 4. The van der Waals surface area contributed by atoms with Gasteiger partial charge in [-0.2, -0.15) is 5.10 Å². The predicted molar refractivity (Wildman–Crippen MR) is 89.1 cm³/mol. The maximum atomic E-state index is 12.2. The van der Waals surface area contributed by atoms with Crippen molar-refractivity contribution in [2.75, 3.05) is 5.32 Å². The maximum Gasteiger partial charge on any atom is 0.328 e.